The van der Waals surface area contributed by atoms with Crippen molar-refractivity contribution in [3.8, 4) is 11.3 Å². The molecule has 12 heteroatoms. The van der Waals surface area contributed by atoms with Crippen molar-refractivity contribution in [2.24, 2.45) is 5.92 Å². The number of aryl methyl sites for hydroxylation is 2. The highest BCUT2D eigenvalue weighted by molar-refractivity contribution is 5.96. The van der Waals surface area contributed by atoms with Crippen LogP contribution < -0.4 is 5.32 Å². The van der Waals surface area contributed by atoms with Gasteiger partial charge in [-0.05, 0) is 43.6 Å². The van der Waals surface area contributed by atoms with Gasteiger partial charge in [-0.15, -0.1) is 0 Å². The van der Waals surface area contributed by atoms with Gasteiger partial charge < -0.3 is 24.1 Å². The molecule has 37 heavy (non-hydrogen) atoms. The minimum atomic E-state index is -4.78. The molecule has 0 aromatic carbocycles. The molecule has 2 amide bonds. The number of nitrogens with zero attached hydrogens (tertiary/aromatic N) is 3. The number of likely N-dealkylation sites (tertiary alicyclic amines) is 1. The molecule has 0 bridgehead atoms. The molecule has 4 heterocycles. The molecule has 9 nitrogen and oxygen atoms in total. The van der Waals surface area contributed by atoms with Crippen molar-refractivity contribution in [1.29, 1.82) is 0 Å². The van der Waals surface area contributed by atoms with E-state index in [1.165, 1.54) is 7.11 Å². The van der Waals surface area contributed by atoms with Gasteiger partial charge in [-0.3, -0.25) is 14.3 Å². The Labute approximate surface area is 212 Å². The van der Waals surface area contributed by atoms with Gasteiger partial charge >= 0.3 is 6.18 Å². The van der Waals surface area contributed by atoms with E-state index in [1.54, 1.807) is 15.8 Å². The van der Waals surface area contributed by atoms with Crippen LogP contribution in [-0.2, 0) is 39.8 Å². The quantitative estimate of drug-likeness (QED) is 0.598. The Morgan fingerprint density at radius 2 is 2.00 bits per heavy atom. The zero-order chi connectivity index (χ0) is 26.2. The highest BCUT2D eigenvalue weighted by atomic mass is 19.4. The maximum Gasteiger partial charge on any atom is 0.420 e. The fourth-order valence-electron chi connectivity index (χ4n) is 5.47. The van der Waals surface area contributed by atoms with Crippen LogP contribution in [0.3, 0.4) is 0 Å². The number of piperidine rings is 1. The van der Waals surface area contributed by atoms with Gasteiger partial charge in [-0.2, -0.15) is 18.3 Å². The van der Waals surface area contributed by atoms with E-state index in [4.69, 9.17) is 13.9 Å². The highest BCUT2D eigenvalue weighted by Gasteiger charge is 2.45. The number of methoxy groups -OCH3 is 1. The lowest BCUT2D eigenvalue weighted by atomic mass is 9.93. The van der Waals surface area contributed by atoms with Crippen molar-refractivity contribution in [3.05, 3.63) is 28.8 Å². The molecule has 2 aromatic heterocycles. The Balaban J connectivity index is 1.34. The van der Waals surface area contributed by atoms with Crippen LogP contribution in [0.5, 0.6) is 0 Å². The van der Waals surface area contributed by atoms with Crippen LogP contribution in [0.25, 0.3) is 11.3 Å². The summed E-state index contributed by atoms with van der Waals surface area (Å²) in [6.45, 7) is 2.55. The molecule has 1 N–H and O–H groups in total. The number of rotatable bonds is 7. The number of halogens is 3. The van der Waals surface area contributed by atoms with Crippen molar-refractivity contribution in [2.45, 2.75) is 57.3 Å². The van der Waals surface area contributed by atoms with E-state index in [9.17, 15) is 22.8 Å². The Bertz CT molecular complexity index is 1140. The second kappa shape index (κ2) is 10.5. The topological polar surface area (TPSA) is 98.8 Å². The lowest BCUT2D eigenvalue weighted by Gasteiger charge is -2.31. The fourth-order valence-corrected chi connectivity index (χ4v) is 5.47. The SMILES string of the molecule is COCC(=O)N1CCC(Cn2cc3c(n2)-c2c(oc(C(=O)NC[C@@H]4CCCO4)c2C(F)(F)F)CC3)CC1. The second-order valence-electron chi connectivity index (χ2n) is 9.93. The number of hydrogen-bond acceptors (Lipinski definition) is 6. The smallest absolute Gasteiger partial charge is 0.420 e. The van der Waals surface area contributed by atoms with Crippen molar-refractivity contribution < 1.29 is 36.7 Å². The highest BCUT2D eigenvalue weighted by Crippen LogP contribution is 2.46. The number of amides is 2. The normalized spacial score (nSPS) is 20.1. The van der Waals surface area contributed by atoms with E-state index in [-0.39, 0.29) is 54.5 Å². The number of ether oxygens (including phenoxy) is 2. The number of carbonyl (C=O) groups is 2. The van der Waals surface area contributed by atoms with E-state index in [0.717, 1.165) is 25.7 Å². The summed E-state index contributed by atoms with van der Waals surface area (Å²) >= 11 is 0. The average Bonchev–Trinajstić information content (AvgIpc) is 3.60. The van der Waals surface area contributed by atoms with Gasteiger partial charge in [0, 0.05) is 52.5 Å². The third-order valence-electron chi connectivity index (χ3n) is 7.36. The fraction of sp³-hybridized carbons (Fsp3) is 0.640. The van der Waals surface area contributed by atoms with Gasteiger partial charge in [-0.25, -0.2) is 0 Å². The van der Waals surface area contributed by atoms with Crippen LogP contribution in [0.2, 0.25) is 0 Å². The van der Waals surface area contributed by atoms with Crippen molar-refractivity contribution >= 4 is 11.8 Å². The summed E-state index contributed by atoms with van der Waals surface area (Å²) in [5.41, 5.74) is -0.265. The maximum atomic E-state index is 14.3. The van der Waals surface area contributed by atoms with Gasteiger partial charge in [-0.1, -0.05) is 0 Å². The first-order valence-electron chi connectivity index (χ1n) is 12.7. The van der Waals surface area contributed by atoms with Gasteiger partial charge in [0.25, 0.3) is 5.91 Å². The first-order chi connectivity index (χ1) is 17.7. The lowest BCUT2D eigenvalue weighted by Crippen LogP contribution is -2.41. The molecule has 1 atom stereocenters. The third-order valence-corrected chi connectivity index (χ3v) is 7.36. The summed E-state index contributed by atoms with van der Waals surface area (Å²) in [6, 6.07) is 0. The molecule has 5 rings (SSSR count). The predicted octanol–water partition coefficient (Wildman–Crippen LogP) is 3.05. The summed E-state index contributed by atoms with van der Waals surface area (Å²) in [5.74, 6) is -1.27. The minimum Gasteiger partial charge on any atom is -0.455 e. The largest absolute Gasteiger partial charge is 0.455 e. The number of aromatic nitrogens is 2. The summed E-state index contributed by atoms with van der Waals surface area (Å²) in [6.07, 6.45) is 0.724. The first-order valence-corrected chi connectivity index (χ1v) is 12.7. The van der Waals surface area contributed by atoms with Crippen molar-refractivity contribution in [1.82, 2.24) is 20.0 Å². The number of furan rings is 1. The zero-order valence-electron chi connectivity index (χ0n) is 20.7. The van der Waals surface area contributed by atoms with Crippen molar-refractivity contribution in [2.75, 3.05) is 40.0 Å². The maximum absolute atomic E-state index is 14.3. The third kappa shape index (κ3) is 5.40. The zero-order valence-corrected chi connectivity index (χ0v) is 20.7. The number of fused-ring (bicyclic) bond motifs is 3. The Morgan fingerprint density at radius 1 is 1.22 bits per heavy atom. The predicted molar refractivity (Wildman–Crippen MR) is 125 cm³/mol. The van der Waals surface area contributed by atoms with Gasteiger partial charge in [0.2, 0.25) is 11.7 Å². The first kappa shape index (κ1) is 25.8. The molecule has 2 aromatic rings. The molecule has 2 aliphatic heterocycles. The van der Waals surface area contributed by atoms with Gasteiger partial charge in [0.1, 0.15) is 17.9 Å². The molecule has 0 radical (unpaired) electrons. The Hall–Kier alpha value is -2.86. The molecule has 2 saturated heterocycles. The van der Waals surface area contributed by atoms with Crippen LogP contribution in [0.4, 0.5) is 13.2 Å². The molecule has 3 aliphatic rings. The second-order valence-corrected chi connectivity index (χ2v) is 9.93. The van der Waals surface area contributed by atoms with E-state index in [1.807, 2.05) is 0 Å². The number of carbonyl (C=O) groups excluding carboxylic acids is 2. The average molecular weight is 525 g/mol. The van der Waals surface area contributed by atoms with Gasteiger partial charge in [0.15, 0.2) is 0 Å². The molecule has 0 unspecified atom stereocenters. The summed E-state index contributed by atoms with van der Waals surface area (Å²) in [7, 11) is 1.49. The standard InChI is InChI=1S/C25H31F3N4O5/c1-35-14-19(33)31-8-6-15(7-9-31)12-32-13-16-4-5-18-20(22(16)30-32)21(25(26,27)28)23(37-18)24(34)29-11-17-3-2-10-36-17/h13,15,17H,2-12,14H2,1H3,(H,29,34)/t17-/m0/s1. The Kier molecular flexibility index (Phi) is 7.30. The molecule has 2 fully saturated rings. The van der Waals surface area contributed by atoms with Crippen LogP contribution in [0.15, 0.2) is 10.6 Å². The molecular formula is C25H31F3N4O5. The van der Waals surface area contributed by atoms with E-state index in [0.29, 0.717) is 38.2 Å². The molecule has 0 saturated carbocycles. The number of nitrogens with one attached hydrogen (secondary N) is 1. The molecule has 1 aliphatic carbocycles. The van der Waals surface area contributed by atoms with Crippen LogP contribution >= 0.6 is 0 Å². The molecular weight excluding hydrogens is 493 g/mol. The van der Waals surface area contributed by atoms with Crippen LogP contribution in [-0.4, -0.2) is 72.6 Å². The van der Waals surface area contributed by atoms with E-state index < -0.39 is 23.4 Å². The Morgan fingerprint density at radius 3 is 2.68 bits per heavy atom. The van der Waals surface area contributed by atoms with Gasteiger partial charge in [0.05, 0.1) is 17.4 Å². The van der Waals surface area contributed by atoms with Crippen LogP contribution in [0, 0.1) is 5.92 Å². The minimum absolute atomic E-state index is 0.0433. The van der Waals surface area contributed by atoms with E-state index >= 15 is 0 Å². The molecule has 0 spiro atoms. The van der Waals surface area contributed by atoms with E-state index in [2.05, 4.69) is 10.4 Å². The van der Waals surface area contributed by atoms with Crippen LogP contribution in [0.1, 0.15) is 53.1 Å². The summed E-state index contributed by atoms with van der Waals surface area (Å²) < 4.78 is 60.4. The summed E-state index contributed by atoms with van der Waals surface area (Å²) in [4.78, 5) is 26.6. The summed E-state index contributed by atoms with van der Waals surface area (Å²) in [5, 5.41) is 7.08. The number of hydrogen-bond donors (Lipinski definition) is 1. The monoisotopic (exact) mass is 524 g/mol. The molecule has 202 valence electrons. The lowest BCUT2D eigenvalue weighted by molar-refractivity contribution is -0.138. The number of alkyl halides is 3. The van der Waals surface area contributed by atoms with Crippen molar-refractivity contribution in [3.63, 3.8) is 0 Å².